The van der Waals surface area contributed by atoms with Crippen molar-refractivity contribution in [3.05, 3.63) is 66.0 Å². The Labute approximate surface area is 155 Å². The maximum Gasteiger partial charge on any atom is 0.195 e. The number of aldehydes is 1. The van der Waals surface area contributed by atoms with Crippen molar-refractivity contribution in [2.24, 2.45) is 0 Å². The summed E-state index contributed by atoms with van der Waals surface area (Å²) in [6, 6.07) is 16.1. The minimum atomic E-state index is 0.546. The van der Waals surface area contributed by atoms with Crippen LogP contribution in [0, 0.1) is 6.92 Å². The molecule has 2 heterocycles. The number of carbonyl (C=O) groups excluding carboxylic acids is 1. The van der Waals surface area contributed by atoms with Gasteiger partial charge in [-0.3, -0.25) is 9.20 Å². The van der Waals surface area contributed by atoms with Gasteiger partial charge in [-0.2, -0.15) is 0 Å². The summed E-state index contributed by atoms with van der Waals surface area (Å²) in [7, 11) is 0. The van der Waals surface area contributed by atoms with Gasteiger partial charge in [0, 0.05) is 11.8 Å². The van der Waals surface area contributed by atoms with E-state index in [1.54, 1.807) is 11.3 Å². The van der Waals surface area contributed by atoms with Crippen LogP contribution in [0.3, 0.4) is 0 Å². The Kier molecular flexibility index (Phi) is 4.31. The summed E-state index contributed by atoms with van der Waals surface area (Å²) < 4.78 is 7.62. The molecule has 0 amide bonds. The Morgan fingerprint density at radius 2 is 2.00 bits per heavy atom. The van der Waals surface area contributed by atoms with Crippen molar-refractivity contribution < 1.29 is 9.53 Å². The predicted molar refractivity (Wildman–Crippen MR) is 105 cm³/mol. The summed E-state index contributed by atoms with van der Waals surface area (Å²) in [6.45, 7) is 4.53. The number of aryl methyl sites for hydroxylation is 1. The molecule has 0 unspecified atom stereocenters. The van der Waals surface area contributed by atoms with Crippen LogP contribution in [0.25, 0.3) is 26.7 Å². The van der Waals surface area contributed by atoms with Crippen LogP contribution in [-0.4, -0.2) is 22.3 Å². The molecule has 4 aromatic rings. The molecule has 0 N–H and O–H groups in total. The molecule has 2 aromatic heterocycles. The predicted octanol–water partition coefficient (Wildman–Crippen LogP) is 5.25. The summed E-state index contributed by atoms with van der Waals surface area (Å²) in [5.41, 5.74) is 4.28. The van der Waals surface area contributed by atoms with E-state index in [9.17, 15) is 4.79 Å². The number of aromatic nitrogens is 2. The Hall–Kier alpha value is -2.92. The van der Waals surface area contributed by atoms with Gasteiger partial charge in [-0.05, 0) is 31.5 Å². The minimum absolute atomic E-state index is 0.546. The zero-order valence-electron chi connectivity index (χ0n) is 14.6. The zero-order valence-corrected chi connectivity index (χ0v) is 15.4. The van der Waals surface area contributed by atoms with Gasteiger partial charge in [-0.1, -0.05) is 53.3 Å². The number of ether oxygens (including phenoxy) is 1. The fourth-order valence-electron chi connectivity index (χ4n) is 3.02. The van der Waals surface area contributed by atoms with Crippen molar-refractivity contribution >= 4 is 22.6 Å². The van der Waals surface area contributed by atoms with E-state index >= 15 is 0 Å². The lowest BCUT2D eigenvalue weighted by Crippen LogP contribution is -1.97. The lowest BCUT2D eigenvalue weighted by Gasteiger charge is -2.10. The van der Waals surface area contributed by atoms with Gasteiger partial charge in [0.15, 0.2) is 11.2 Å². The van der Waals surface area contributed by atoms with E-state index in [2.05, 4.69) is 12.1 Å². The van der Waals surface area contributed by atoms with Crippen LogP contribution in [0.4, 0.5) is 0 Å². The van der Waals surface area contributed by atoms with Gasteiger partial charge in [-0.25, -0.2) is 4.98 Å². The second-order valence-electron chi connectivity index (χ2n) is 6.01. The van der Waals surface area contributed by atoms with Gasteiger partial charge in [0.2, 0.25) is 0 Å². The van der Waals surface area contributed by atoms with Crippen molar-refractivity contribution in [2.45, 2.75) is 13.8 Å². The third-order valence-corrected chi connectivity index (χ3v) is 5.25. The molecule has 0 bridgehead atoms. The van der Waals surface area contributed by atoms with Crippen molar-refractivity contribution in [3.63, 3.8) is 0 Å². The van der Waals surface area contributed by atoms with E-state index in [4.69, 9.17) is 9.72 Å². The highest BCUT2D eigenvalue weighted by Crippen LogP contribution is 2.36. The fourth-order valence-corrected chi connectivity index (χ4v) is 4.01. The Morgan fingerprint density at radius 1 is 1.19 bits per heavy atom. The van der Waals surface area contributed by atoms with Gasteiger partial charge < -0.3 is 4.74 Å². The molecule has 26 heavy (non-hydrogen) atoms. The summed E-state index contributed by atoms with van der Waals surface area (Å²) >= 11 is 1.57. The highest BCUT2D eigenvalue weighted by atomic mass is 32.1. The van der Waals surface area contributed by atoms with E-state index in [1.165, 1.54) is 0 Å². The largest absolute Gasteiger partial charge is 0.493 e. The fraction of sp³-hybridized carbons (Fsp3) is 0.143. The first-order valence-electron chi connectivity index (χ1n) is 8.47. The average molecular weight is 362 g/mol. The van der Waals surface area contributed by atoms with Gasteiger partial charge in [0.25, 0.3) is 0 Å². The molecular formula is C21H18N2O2S. The van der Waals surface area contributed by atoms with Crippen LogP contribution in [0.1, 0.15) is 23.0 Å². The molecule has 130 valence electrons. The number of hydrogen-bond acceptors (Lipinski definition) is 4. The number of imidazole rings is 1. The minimum Gasteiger partial charge on any atom is -0.493 e. The van der Waals surface area contributed by atoms with E-state index in [0.29, 0.717) is 18.0 Å². The Morgan fingerprint density at radius 3 is 2.73 bits per heavy atom. The van der Waals surface area contributed by atoms with Gasteiger partial charge in [-0.15, -0.1) is 0 Å². The lowest BCUT2D eigenvalue weighted by molar-refractivity contribution is 0.111. The zero-order chi connectivity index (χ0) is 18.1. The molecule has 0 saturated heterocycles. The number of benzene rings is 2. The molecule has 0 spiro atoms. The number of nitrogens with zero attached hydrogens (tertiary/aromatic N) is 2. The Bertz CT molecular complexity index is 1080. The highest BCUT2D eigenvalue weighted by molar-refractivity contribution is 7.20. The van der Waals surface area contributed by atoms with E-state index in [0.717, 1.165) is 38.6 Å². The van der Waals surface area contributed by atoms with Crippen LogP contribution in [0.15, 0.2) is 54.7 Å². The maximum atomic E-state index is 11.9. The second kappa shape index (κ2) is 6.77. The normalized spacial score (nSPS) is 11.0. The molecule has 0 fully saturated rings. The standard InChI is InChI=1S/C21H18N2O2S/c1-3-25-18-10-9-14(2)11-16(18)20-17(13-24)23-12-19(26-21(23)22-20)15-7-5-4-6-8-15/h4-13H,3H2,1-2H3. The van der Waals surface area contributed by atoms with Crippen molar-refractivity contribution in [1.29, 1.82) is 0 Å². The number of hydrogen-bond donors (Lipinski definition) is 0. The maximum absolute atomic E-state index is 11.9. The van der Waals surface area contributed by atoms with E-state index in [-0.39, 0.29) is 0 Å². The summed E-state index contributed by atoms with van der Waals surface area (Å²) in [4.78, 5) is 18.5. The average Bonchev–Trinajstić information content (AvgIpc) is 3.21. The van der Waals surface area contributed by atoms with E-state index < -0.39 is 0 Å². The van der Waals surface area contributed by atoms with Gasteiger partial charge in [0.05, 0.1) is 11.5 Å². The number of carbonyl (C=O) groups is 1. The molecule has 0 atom stereocenters. The third-order valence-electron chi connectivity index (χ3n) is 4.22. The molecule has 4 rings (SSSR count). The number of fused-ring (bicyclic) bond motifs is 1. The monoisotopic (exact) mass is 362 g/mol. The van der Waals surface area contributed by atoms with Crippen molar-refractivity contribution in [1.82, 2.24) is 9.38 Å². The van der Waals surface area contributed by atoms with Crippen molar-refractivity contribution in [2.75, 3.05) is 6.61 Å². The second-order valence-corrected chi connectivity index (χ2v) is 7.02. The van der Waals surface area contributed by atoms with Crippen LogP contribution in [0.2, 0.25) is 0 Å². The summed E-state index contributed by atoms with van der Waals surface area (Å²) in [6.07, 6.45) is 2.85. The Balaban J connectivity index is 1.89. The SMILES string of the molecule is CCOc1ccc(C)cc1-c1nc2sc(-c3ccccc3)cn2c1C=O. The molecule has 5 heteroatoms. The molecule has 0 aliphatic rings. The number of thiazole rings is 1. The molecule has 4 nitrogen and oxygen atoms in total. The molecule has 0 aliphatic heterocycles. The molecule has 2 aromatic carbocycles. The molecular weight excluding hydrogens is 344 g/mol. The smallest absolute Gasteiger partial charge is 0.195 e. The lowest BCUT2D eigenvalue weighted by atomic mass is 10.1. The topological polar surface area (TPSA) is 43.6 Å². The van der Waals surface area contributed by atoms with Crippen LogP contribution in [-0.2, 0) is 0 Å². The summed E-state index contributed by atoms with van der Waals surface area (Å²) in [5.74, 6) is 0.746. The highest BCUT2D eigenvalue weighted by Gasteiger charge is 2.19. The molecule has 0 saturated carbocycles. The number of rotatable bonds is 5. The van der Waals surface area contributed by atoms with Crippen molar-refractivity contribution in [3.8, 4) is 27.4 Å². The van der Waals surface area contributed by atoms with Crippen LogP contribution < -0.4 is 4.74 Å². The van der Waals surface area contributed by atoms with Gasteiger partial charge in [0.1, 0.15) is 17.1 Å². The van der Waals surface area contributed by atoms with Gasteiger partial charge >= 0.3 is 0 Å². The van der Waals surface area contributed by atoms with Crippen LogP contribution in [0.5, 0.6) is 5.75 Å². The molecule has 0 aliphatic carbocycles. The van der Waals surface area contributed by atoms with Crippen LogP contribution >= 0.6 is 11.3 Å². The summed E-state index contributed by atoms with van der Waals surface area (Å²) in [5, 5.41) is 0. The third kappa shape index (κ3) is 2.80. The molecule has 0 radical (unpaired) electrons. The first-order chi connectivity index (χ1) is 12.7. The van der Waals surface area contributed by atoms with E-state index in [1.807, 2.05) is 60.8 Å². The quantitative estimate of drug-likeness (QED) is 0.456. The first-order valence-corrected chi connectivity index (χ1v) is 9.29. The first kappa shape index (κ1) is 16.5.